The molecule has 4 rings (SSSR count). The van der Waals surface area contributed by atoms with Crippen LogP contribution in [0.25, 0.3) is 5.65 Å². The van der Waals surface area contributed by atoms with Gasteiger partial charge in [-0.25, -0.2) is 4.98 Å². The molecule has 0 saturated heterocycles. The van der Waals surface area contributed by atoms with Crippen LogP contribution < -0.4 is 25.4 Å². The SMILES string of the molecule is CNc1cc(Nc2cccc3c2OCCO3)nc2c(NC(=O)CC(C)C#N)cnn12. The molecule has 3 aromatic rings. The van der Waals surface area contributed by atoms with Gasteiger partial charge in [0.05, 0.1) is 23.9 Å². The van der Waals surface area contributed by atoms with Crippen molar-refractivity contribution in [2.75, 3.05) is 36.2 Å². The molecule has 3 heterocycles. The topological polar surface area (TPSA) is 126 Å². The number of rotatable bonds is 6. The lowest BCUT2D eigenvalue weighted by Gasteiger charge is -2.21. The van der Waals surface area contributed by atoms with Crippen LogP contribution in [0.4, 0.5) is 23.0 Å². The van der Waals surface area contributed by atoms with Crippen LogP contribution >= 0.6 is 0 Å². The first-order valence-electron chi connectivity index (χ1n) is 9.50. The molecule has 1 amide bonds. The van der Waals surface area contributed by atoms with Gasteiger partial charge in [-0.2, -0.15) is 14.9 Å². The molecule has 3 N–H and O–H groups in total. The van der Waals surface area contributed by atoms with Gasteiger partial charge in [-0.15, -0.1) is 0 Å². The van der Waals surface area contributed by atoms with Gasteiger partial charge >= 0.3 is 0 Å². The maximum Gasteiger partial charge on any atom is 0.225 e. The average molecular weight is 407 g/mol. The van der Waals surface area contributed by atoms with Crippen molar-refractivity contribution in [1.82, 2.24) is 14.6 Å². The van der Waals surface area contributed by atoms with Gasteiger partial charge in [0.15, 0.2) is 17.1 Å². The van der Waals surface area contributed by atoms with E-state index in [-0.39, 0.29) is 18.2 Å². The molecule has 30 heavy (non-hydrogen) atoms. The number of nitrogens with one attached hydrogen (secondary N) is 3. The average Bonchev–Trinajstić information content (AvgIpc) is 3.15. The minimum atomic E-state index is -0.378. The number of benzene rings is 1. The maximum atomic E-state index is 12.2. The van der Waals surface area contributed by atoms with Crippen molar-refractivity contribution >= 4 is 34.6 Å². The number of aromatic nitrogens is 3. The number of carbonyl (C=O) groups excluding carboxylic acids is 1. The Hall–Kier alpha value is -4.00. The van der Waals surface area contributed by atoms with E-state index in [4.69, 9.17) is 14.7 Å². The third-order valence-corrected chi connectivity index (χ3v) is 4.54. The van der Waals surface area contributed by atoms with E-state index < -0.39 is 0 Å². The Kier molecular flexibility index (Phi) is 5.26. The van der Waals surface area contributed by atoms with E-state index in [1.165, 1.54) is 6.20 Å². The third-order valence-electron chi connectivity index (χ3n) is 4.54. The fourth-order valence-electron chi connectivity index (χ4n) is 3.13. The molecule has 0 spiro atoms. The van der Waals surface area contributed by atoms with Crippen molar-refractivity contribution < 1.29 is 14.3 Å². The smallest absolute Gasteiger partial charge is 0.225 e. The second-order valence-corrected chi connectivity index (χ2v) is 6.81. The van der Waals surface area contributed by atoms with Crippen molar-refractivity contribution in [3.63, 3.8) is 0 Å². The zero-order chi connectivity index (χ0) is 21.1. The van der Waals surface area contributed by atoms with Gasteiger partial charge in [-0.1, -0.05) is 6.07 Å². The molecular weight excluding hydrogens is 386 g/mol. The molecule has 1 aliphatic heterocycles. The van der Waals surface area contributed by atoms with Gasteiger partial charge in [0.1, 0.15) is 30.5 Å². The van der Waals surface area contributed by atoms with Gasteiger partial charge in [-0.05, 0) is 19.1 Å². The fraction of sp³-hybridized carbons (Fsp3) is 0.300. The molecular formula is C20H21N7O3. The Balaban J connectivity index is 1.67. The summed E-state index contributed by atoms with van der Waals surface area (Å²) in [4.78, 5) is 16.8. The molecule has 10 heteroatoms. The Bertz CT molecular complexity index is 1140. The minimum absolute atomic E-state index is 0.0954. The third kappa shape index (κ3) is 3.77. The highest BCUT2D eigenvalue weighted by molar-refractivity contribution is 5.94. The number of hydrogen-bond acceptors (Lipinski definition) is 8. The van der Waals surface area contributed by atoms with Crippen LogP contribution in [-0.2, 0) is 4.79 Å². The summed E-state index contributed by atoms with van der Waals surface area (Å²) < 4.78 is 13.0. The van der Waals surface area contributed by atoms with Gasteiger partial charge in [0.25, 0.3) is 0 Å². The molecule has 1 unspecified atom stereocenters. The van der Waals surface area contributed by atoms with Crippen molar-refractivity contribution in [2.24, 2.45) is 5.92 Å². The Morgan fingerprint density at radius 2 is 2.17 bits per heavy atom. The zero-order valence-corrected chi connectivity index (χ0v) is 16.6. The number of anilines is 4. The van der Waals surface area contributed by atoms with Crippen LogP contribution in [0.2, 0.25) is 0 Å². The van der Waals surface area contributed by atoms with Gasteiger partial charge in [0.2, 0.25) is 5.91 Å². The number of hydrogen-bond donors (Lipinski definition) is 3. The lowest BCUT2D eigenvalue weighted by atomic mass is 10.1. The van der Waals surface area contributed by atoms with E-state index >= 15 is 0 Å². The van der Waals surface area contributed by atoms with Crippen LogP contribution in [-0.4, -0.2) is 40.8 Å². The predicted molar refractivity (Wildman–Crippen MR) is 111 cm³/mol. The first-order chi connectivity index (χ1) is 14.6. The van der Waals surface area contributed by atoms with Gasteiger partial charge in [-0.3, -0.25) is 4.79 Å². The first-order valence-corrected chi connectivity index (χ1v) is 9.50. The molecule has 1 aromatic carbocycles. The van der Waals surface area contributed by atoms with E-state index in [1.807, 2.05) is 18.2 Å². The monoisotopic (exact) mass is 407 g/mol. The largest absolute Gasteiger partial charge is 0.486 e. The number of para-hydroxylation sites is 1. The van der Waals surface area contributed by atoms with E-state index in [1.54, 1.807) is 24.6 Å². The number of nitrogens with zero attached hydrogens (tertiary/aromatic N) is 4. The summed E-state index contributed by atoms with van der Waals surface area (Å²) in [5.41, 5.74) is 1.64. The van der Waals surface area contributed by atoms with E-state index in [2.05, 4.69) is 32.1 Å². The summed E-state index contributed by atoms with van der Waals surface area (Å²) in [6.07, 6.45) is 1.63. The van der Waals surface area contributed by atoms with Crippen LogP contribution in [0.5, 0.6) is 11.5 Å². The lowest BCUT2D eigenvalue weighted by Crippen LogP contribution is -2.16. The second kappa shape index (κ2) is 8.16. The molecule has 154 valence electrons. The zero-order valence-electron chi connectivity index (χ0n) is 16.6. The highest BCUT2D eigenvalue weighted by Crippen LogP contribution is 2.38. The summed E-state index contributed by atoms with van der Waals surface area (Å²) in [7, 11) is 1.77. The van der Waals surface area contributed by atoms with E-state index in [0.717, 1.165) is 5.69 Å². The quantitative estimate of drug-likeness (QED) is 0.569. The van der Waals surface area contributed by atoms with E-state index in [9.17, 15) is 4.79 Å². The lowest BCUT2D eigenvalue weighted by molar-refractivity contribution is -0.116. The summed E-state index contributed by atoms with van der Waals surface area (Å²) in [5.74, 6) is 1.87. The van der Waals surface area contributed by atoms with Crippen LogP contribution in [0.1, 0.15) is 13.3 Å². The van der Waals surface area contributed by atoms with Crippen LogP contribution in [0, 0.1) is 17.2 Å². The molecule has 0 saturated carbocycles. The molecule has 0 aliphatic carbocycles. The summed E-state index contributed by atoms with van der Waals surface area (Å²) >= 11 is 0. The first kappa shape index (κ1) is 19.3. The standard InChI is InChI=1S/C20H21N7O3/c1-12(10-21)8-18(28)25-14-11-23-27-17(22-2)9-16(26-20(14)27)24-13-4-3-5-15-19(13)30-7-6-29-15/h3-5,9,11-12,22H,6-8H2,1-2H3,(H,24,26)(H,25,28). The fourth-order valence-corrected chi connectivity index (χ4v) is 3.13. The molecule has 2 aromatic heterocycles. The second-order valence-electron chi connectivity index (χ2n) is 6.81. The Labute approximate surface area is 172 Å². The molecule has 0 radical (unpaired) electrons. The van der Waals surface area contributed by atoms with Crippen molar-refractivity contribution in [1.29, 1.82) is 5.26 Å². The van der Waals surface area contributed by atoms with Crippen molar-refractivity contribution in [3.05, 3.63) is 30.5 Å². The predicted octanol–water partition coefficient (Wildman–Crippen LogP) is 2.77. The summed E-state index contributed by atoms with van der Waals surface area (Å²) in [5, 5.41) is 22.3. The maximum absolute atomic E-state index is 12.2. The number of ether oxygens (including phenoxy) is 2. The molecule has 0 fully saturated rings. The van der Waals surface area contributed by atoms with Gasteiger partial charge < -0.3 is 25.4 Å². The number of nitriles is 1. The van der Waals surface area contributed by atoms with Gasteiger partial charge in [0, 0.05) is 19.5 Å². The van der Waals surface area contributed by atoms with E-state index in [0.29, 0.717) is 47.7 Å². The normalized spacial score (nSPS) is 13.4. The Morgan fingerprint density at radius 3 is 2.97 bits per heavy atom. The minimum Gasteiger partial charge on any atom is -0.486 e. The van der Waals surface area contributed by atoms with Crippen LogP contribution in [0.15, 0.2) is 30.5 Å². The molecule has 1 atom stereocenters. The van der Waals surface area contributed by atoms with Crippen molar-refractivity contribution in [2.45, 2.75) is 13.3 Å². The number of fused-ring (bicyclic) bond motifs is 2. The highest BCUT2D eigenvalue weighted by atomic mass is 16.6. The Morgan fingerprint density at radius 1 is 1.33 bits per heavy atom. The van der Waals surface area contributed by atoms with Crippen molar-refractivity contribution in [3.8, 4) is 17.6 Å². The molecule has 1 aliphatic rings. The van der Waals surface area contributed by atoms with Crippen LogP contribution in [0.3, 0.4) is 0 Å². The molecule has 10 nitrogen and oxygen atoms in total. The number of carbonyl (C=O) groups is 1. The number of amides is 1. The summed E-state index contributed by atoms with van der Waals surface area (Å²) in [6.45, 7) is 2.68. The highest BCUT2D eigenvalue weighted by Gasteiger charge is 2.18. The summed E-state index contributed by atoms with van der Waals surface area (Å²) in [6, 6.07) is 9.45. The molecule has 0 bridgehead atoms.